The van der Waals surface area contributed by atoms with Crippen LogP contribution >= 0.6 is 0 Å². The molecule has 0 heterocycles. The maximum absolute atomic E-state index is 10.7. The van der Waals surface area contributed by atoms with E-state index in [1.54, 1.807) is 0 Å². The highest BCUT2D eigenvalue weighted by Gasteiger charge is 2.22. The minimum absolute atomic E-state index is 0.430. The van der Waals surface area contributed by atoms with Crippen molar-refractivity contribution in [3.05, 3.63) is 12.7 Å². The Bertz CT molecular complexity index is 265. The maximum Gasteiger partial charge on any atom is 0.384 e. The van der Waals surface area contributed by atoms with Gasteiger partial charge in [-0.25, -0.2) is 4.79 Å². The molecule has 1 unspecified atom stereocenters. The smallest absolute Gasteiger partial charge is 0.384 e. The zero-order valence-corrected chi connectivity index (χ0v) is 10.4. The van der Waals surface area contributed by atoms with Crippen LogP contribution in [0.3, 0.4) is 0 Å². The summed E-state index contributed by atoms with van der Waals surface area (Å²) in [6.07, 6.45) is 2.65. The van der Waals surface area contributed by atoms with Gasteiger partial charge in [0.2, 0.25) is 0 Å². The molecule has 0 saturated heterocycles. The van der Waals surface area contributed by atoms with Crippen molar-refractivity contribution in [1.29, 1.82) is 0 Å². The van der Waals surface area contributed by atoms with Crippen LogP contribution < -0.4 is 0 Å². The number of allylic oxidation sites excluding steroid dienone is 1. The molecular formula is C11H18O2Si. The third-order valence-electron chi connectivity index (χ3n) is 2.09. The zero-order chi connectivity index (χ0) is 11.2. The molecule has 0 amide bonds. The monoisotopic (exact) mass is 210 g/mol. The number of hydrogen-bond donors (Lipinski definition) is 0. The average molecular weight is 210 g/mol. The fourth-order valence-corrected chi connectivity index (χ4v) is 2.45. The van der Waals surface area contributed by atoms with Crippen molar-refractivity contribution < 1.29 is 9.53 Å². The van der Waals surface area contributed by atoms with Crippen LogP contribution in [0.4, 0.5) is 0 Å². The molecule has 0 aliphatic rings. The Morgan fingerprint density at radius 2 is 2.14 bits per heavy atom. The van der Waals surface area contributed by atoms with Crippen molar-refractivity contribution in [2.24, 2.45) is 0 Å². The maximum atomic E-state index is 10.7. The van der Waals surface area contributed by atoms with Gasteiger partial charge in [0.25, 0.3) is 0 Å². The summed E-state index contributed by atoms with van der Waals surface area (Å²) < 4.78 is 4.42. The van der Waals surface area contributed by atoms with E-state index in [1.165, 1.54) is 7.11 Å². The summed E-state index contributed by atoms with van der Waals surface area (Å²) >= 11 is 0. The number of rotatable bonds is 3. The fourth-order valence-electron chi connectivity index (χ4n) is 1.03. The van der Waals surface area contributed by atoms with Gasteiger partial charge >= 0.3 is 5.97 Å². The molecule has 0 aromatic rings. The number of ether oxygens (including phenoxy) is 1. The first-order valence-corrected chi connectivity index (χ1v) is 8.19. The first kappa shape index (κ1) is 13.0. The second kappa shape index (κ2) is 5.66. The van der Waals surface area contributed by atoms with Crippen molar-refractivity contribution in [3.63, 3.8) is 0 Å². The van der Waals surface area contributed by atoms with Gasteiger partial charge in [-0.2, -0.15) is 0 Å². The van der Waals surface area contributed by atoms with E-state index in [9.17, 15) is 4.79 Å². The van der Waals surface area contributed by atoms with Gasteiger partial charge in [0.1, 0.15) is 0 Å². The van der Waals surface area contributed by atoms with E-state index >= 15 is 0 Å². The molecule has 0 saturated carbocycles. The Morgan fingerprint density at radius 3 is 2.50 bits per heavy atom. The highest BCUT2D eigenvalue weighted by atomic mass is 28.3. The van der Waals surface area contributed by atoms with Crippen molar-refractivity contribution >= 4 is 14.0 Å². The van der Waals surface area contributed by atoms with Crippen LogP contribution in [0.5, 0.6) is 0 Å². The Balaban J connectivity index is 4.27. The van der Waals surface area contributed by atoms with Crippen LogP contribution in [0, 0.1) is 11.8 Å². The normalized spacial score (nSPS) is 12.3. The lowest BCUT2D eigenvalue weighted by atomic mass is 10.3. The predicted molar refractivity (Wildman–Crippen MR) is 61.7 cm³/mol. The molecule has 78 valence electrons. The van der Waals surface area contributed by atoms with Crippen LogP contribution in [0.1, 0.15) is 6.42 Å². The van der Waals surface area contributed by atoms with E-state index in [-0.39, 0.29) is 0 Å². The van der Waals surface area contributed by atoms with Crippen molar-refractivity contribution in [2.45, 2.75) is 31.6 Å². The van der Waals surface area contributed by atoms with Crippen LogP contribution in [0.15, 0.2) is 12.7 Å². The van der Waals surface area contributed by atoms with Crippen molar-refractivity contribution in [3.8, 4) is 11.8 Å². The second-order valence-corrected chi connectivity index (χ2v) is 9.68. The SMILES string of the molecule is C=CC(CC#CC(=O)OC)[Si](C)(C)C. The Labute approximate surface area is 87.4 Å². The summed E-state index contributed by atoms with van der Waals surface area (Å²) in [7, 11) is 0.0923. The van der Waals surface area contributed by atoms with Crippen LogP contribution in [-0.4, -0.2) is 21.2 Å². The van der Waals surface area contributed by atoms with Crippen molar-refractivity contribution in [2.75, 3.05) is 7.11 Å². The zero-order valence-electron chi connectivity index (χ0n) is 9.39. The van der Waals surface area contributed by atoms with E-state index in [0.717, 1.165) is 0 Å². The van der Waals surface area contributed by atoms with Gasteiger partial charge in [-0.05, 0) is 5.54 Å². The third-order valence-corrected chi connectivity index (χ3v) is 4.76. The summed E-state index contributed by atoms with van der Waals surface area (Å²) in [5.74, 6) is 4.80. The molecule has 14 heavy (non-hydrogen) atoms. The average Bonchev–Trinajstić information content (AvgIpc) is 2.09. The lowest BCUT2D eigenvalue weighted by Gasteiger charge is -2.23. The van der Waals surface area contributed by atoms with Gasteiger partial charge in [0.15, 0.2) is 0 Å². The standard InChI is InChI=1S/C11H18O2Si/c1-6-10(14(3,4)5)8-7-9-11(12)13-2/h6,10H,1,8H2,2-5H3. The first-order valence-electron chi connectivity index (χ1n) is 4.61. The summed E-state index contributed by atoms with van der Waals surface area (Å²) in [6.45, 7) is 10.6. The van der Waals surface area contributed by atoms with Gasteiger partial charge in [-0.1, -0.05) is 31.6 Å². The highest BCUT2D eigenvalue weighted by Crippen LogP contribution is 2.25. The number of methoxy groups -OCH3 is 1. The van der Waals surface area contributed by atoms with E-state index in [2.05, 4.69) is 42.8 Å². The van der Waals surface area contributed by atoms with Crippen molar-refractivity contribution in [1.82, 2.24) is 0 Å². The highest BCUT2D eigenvalue weighted by molar-refractivity contribution is 6.78. The third kappa shape index (κ3) is 4.88. The quantitative estimate of drug-likeness (QED) is 0.235. The van der Waals surface area contributed by atoms with Gasteiger partial charge in [0, 0.05) is 12.3 Å². The Kier molecular flexibility index (Phi) is 5.25. The van der Waals surface area contributed by atoms with E-state index in [4.69, 9.17) is 0 Å². The Hall–Kier alpha value is -1.01. The summed E-state index contributed by atoms with van der Waals surface area (Å²) in [5, 5.41) is 0. The van der Waals surface area contributed by atoms with Crippen LogP contribution in [-0.2, 0) is 9.53 Å². The molecule has 0 N–H and O–H groups in total. The largest absolute Gasteiger partial charge is 0.459 e. The molecule has 0 radical (unpaired) electrons. The fraction of sp³-hybridized carbons (Fsp3) is 0.545. The molecule has 0 aromatic carbocycles. The molecule has 0 spiro atoms. The molecule has 3 heteroatoms. The number of hydrogen-bond acceptors (Lipinski definition) is 2. The molecule has 2 nitrogen and oxygen atoms in total. The lowest BCUT2D eigenvalue weighted by Crippen LogP contribution is -2.26. The number of esters is 1. The van der Waals surface area contributed by atoms with E-state index < -0.39 is 14.0 Å². The minimum Gasteiger partial charge on any atom is -0.459 e. The second-order valence-electron chi connectivity index (χ2n) is 4.21. The van der Waals surface area contributed by atoms with Crippen LogP contribution in [0.25, 0.3) is 0 Å². The molecule has 0 rings (SSSR count). The summed E-state index contributed by atoms with van der Waals surface area (Å²) in [6, 6.07) is 0. The molecule has 0 aliphatic carbocycles. The minimum atomic E-state index is -1.24. The molecule has 0 aliphatic heterocycles. The van der Waals surface area contributed by atoms with Gasteiger partial charge in [-0.3, -0.25) is 0 Å². The first-order chi connectivity index (χ1) is 6.41. The molecule has 1 atom stereocenters. The van der Waals surface area contributed by atoms with Gasteiger partial charge in [-0.15, -0.1) is 6.58 Å². The summed E-state index contributed by atoms with van der Waals surface area (Å²) in [4.78, 5) is 10.7. The predicted octanol–water partition coefficient (Wildman–Crippen LogP) is 2.45. The lowest BCUT2D eigenvalue weighted by molar-refractivity contribution is -0.133. The summed E-state index contributed by atoms with van der Waals surface area (Å²) in [5.41, 5.74) is 0.430. The number of carbonyl (C=O) groups is 1. The molecule has 0 bridgehead atoms. The molecule has 0 fully saturated rings. The number of carbonyl (C=O) groups excluding carboxylic acids is 1. The van der Waals surface area contributed by atoms with Gasteiger partial charge < -0.3 is 4.74 Å². The Morgan fingerprint density at radius 1 is 1.57 bits per heavy atom. The van der Waals surface area contributed by atoms with E-state index in [0.29, 0.717) is 12.0 Å². The topological polar surface area (TPSA) is 26.3 Å². The van der Waals surface area contributed by atoms with E-state index in [1.807, 2.05) is 6.08 Å². The van der Waals surface area contributed by atoms with Gasteiger partial charge in [0.05, 0.1) is 15.2 Å². The molecule has 0 aromatic heterocycles. The van der Waals surface area contributed by atoms with Crippen LogP contribution in [0.2, 0.25) is 25.2 Å². The molecular weight excluding hydrogens is 192 g/mol.